The van der Waals surface area contributed by atoms with Crippen LogP contribution in [0.4, 0.5) is 13.6 Å². The summed E-state index contributed by atoms with van der Waals surface area (Å²) in [7, 11) is 0. The first-order valence-corrected chi connectivity index (χ1v) is 11.2. The number of halogens is 2. The number of likely N-dealkylation sites (tertiary alicyclic amines) is 1. The number of carboxylic acid groups (broad SMARTS) is 1. The third-order valence-electron chi connectivity index (χ3n) is 7.02. The number of alkyl carbamates (subject to hydrolysis) is 1. The van der Waals surface area contributed by atoms with Gasteiger partial charge in [0, 0.05) is 24.9 Å². The summed E-state index contributed by atoms with van der Waals surface area (Å²) < 4.78 is 33.2. The van der Waals surface area contributed by atoms with Gasteiger partial charge in [0.05, 0.1) is 6.54 Å². The van der Waals surface area contributed by atoms with Gasteiger partial charge in [-0.2, -0.15) is 0 Å². The molecule has 0 spiro atoms. The molecule has 1 saturated carbocycles. The lowest BCUT2D eigenvalue weighted by atomic mass is 9.98. The number of carboxylic acids is 1. The molecule has 178 valence electrons. The van der Waals surface area contributed by atoms with Crippen molar-refractivity contribution in [3.05, 3.63) is 59.7 Å². The van der Waals surface area contributed by atoms with Crippen LogP contribution in [0.3, 0.4) is 0 Å². The molecule has 2 N–H and O–H groups in total. The molecule has 1 saturated heterocycles. The van der Waals surface area contributed by atoms with Gasteiger partial charge in [0.15, 0.2) is 0 Å². The van der Waals surface area contributed by atoms with E-state index in [0.717, 1.165) is 27.2 Å². The summed E-state index contributed by atoms with van der Waals surface area (Å²) in [5.74, 6) is -8.14. The number of carbonyl (C=O) groups excluding carboxylic acids is 2. The minimum absolute atomic E-state index is 0.0626. The van der Waals surface area contributed by atoms with Crippen LogP contribution in [-0.2, 0) is 14.3 Å². The number of hydrogen-bond acceptors (Lipinski definition) is 4. The Morgan fingerprint density at radius 3 is 2.26 bits per heavy atom. The molecule has 0 bridgehead atoms. The first-order valence-electron chi connectivity index (χ1n) is 11.2. The minimum atomic E-state index is -3.44. The molecule has 0 aromatic heterocycles. The molecule has 1 heterocycles. The van der Waals surface area contributed by atoms with Crippen molar-refractivity contribution in [2.75, 3.05) is 26.2 Å². The molecule has 2 fully saturated rings. The second kappa shape index (κ2) is 8.38. The smallest absolute Gasteiger partial charge is 0.407 e. The Morgan fingerprint density at radius 1 is 1.06 bits per heavy atom. The van der Waals surface area contributed by atoms with Gasteiger partial charge in [-0.05, 0) is 34.6 Å². The monoisotopic (exact) mass is 470 g/mol. The van der Waals surface area contributed by atoms with Crippen LogP contribution in [-0.4, -0.2) is 60.1 Å². The number of aliphatic carboxylic acids is 1. The molecule has 3 atom stereocenters. The number of alkyl halides is 2. The van der Waals surface area contributed by atoms with Gasteiger partial charge in [0.1, 0.15) is 12.5 Å². The Kier molecular flexibility index (Phi) is 5.50. The summed E-state index contributed by atoms with van der Waals surface area (Å²) in [5.41, 5.74) is 4.46. The molecule has 2 aliphatic carbocycles. The predicted octanol–water partition coefficient (Wildman–Crippen LogP) is 3.34. The molecule has 5 rings (SSSR count). The molecule has 1 aliphatic heterocycles. The van der Waals surface area contributed by atoms with Crippen LogP contribution in [0.25, 0.3) is 11.1 Å². The predicted molar refractivity (Wildman–Crippen MR) is 117 cm³/mol. The molecule has 3 aliphatic rings. The van der Waals surface area contributed by atoms with Crippen LogP contribution in [0.15, 0.2) is 48.5 Å². The first kappa shape index (κ1) is 22.3. The minimum Gasteiger partial charge on any atom is -0.481 e. The quantitative estimate of drug-likeness (QED) is 0.675. The molecule has 1 unspecified atom stereocenters. The van der Waals surface area contributed by atoms with Crippen molar-refractivity contribution in [2.24, 2.45) is 17.8 Å². The van der Waals surface area contributed by atoms with Gasteiger partial charge >= 0.3 is 12.1 Å². The number of nitrogens with one attached hydrogen (secondary N) is 1. The summed E-state index contributed by atoms with van der Waals surface area (Å²) in [6, 6.07) is 16.0. The largest absolute Gasteiger partial charge is 0.481 e. The fourth-order valence-corrected chi connectivity index (χ4v) is 5.08. The SMILES string of the molecule is O=C(NC[C@@H]1C[C@@H]1C(=O)N1CC(C(=O)O)C(F)(F)C1)OCC1c2ccccc2-c2ccccc21. The van der Waals surface area contributed by atoms with Crippen LogP contribution in [0.2, 0.25) is 0 Å². The summed E-state index contributed by atoms with van der Waals surface area (Å²) >= 11 is 0. The highest BCUT2D eigenvalue weighted by atomic mass is 19.3. The average molecular weight is 470 g/mol. The summed E-state index contributed by atoms with van der Waals surface area (Å²) in [6.07, 6.45) is -0.138. The second-order valence-electron chi connectivity index (χ2n) is 9.18. The van der Waals surface area contributed by atoms with E-state index in [1.54, 1.807) is 0 Å². The number of carbonyl (C=O) groups is 3. The van der Waals surface area contributed by atoms with E-state index in [9.17, 15) is 23.2 Å². The fraction of sp³-hybridized carbons (Fsp3) is 0.400. The molecule has 9 heteroatoms. The van der Waals surface area contributed by atoms with E-state index in [1.807, 2.05) is 48.5 Å². The fourth-order valence-electron chi connectivity index (χ4n) is 5.08. The van der Waals surface area contributed by atoms with E-state index in [2.05, 4.69) is 5.32 Å². The maximum Gasteiger partial charge on any atom is 0.407 e. The Labute approximate surface area is 194 Å². The Hall–Kier alpha value is -3.49. The molecule has 2 amide bonds. The zero-order chi connectivity index (χ0) is 24.0. The van der Waals surface area contributed by atoms with E-state index in [0.29, 0.717) is 6.42 Å². The zero-order valence-electron chi connectivity index (χ0n) is 18.2. The van der Waals surface area contributed by atoms with Gasteiger partial charge in [0.2, 0.25) is 5.91 Å². The third-order valence-corrected chi connectivity index (χ3v) is 7.02. The van der Waals surface area contributed by atoms with E-state index < -0.39 is 48.8 Å². The number of fused-ring (bicyclic) bond motifs is 3. The molecule has 2 aromatic rings. The van der Waals surface area contributed by atoms with Crippen molar-refractivity contribution < 1.29 is 33.0 Å². The molecule has 2 aromatic carbocycles. The summed E-state index contributed by atoms with van der Waals surface area (Å²) in [5, 5.41) is 11.6. The standard InChI is InChI=1S/C25H24F2N2O5/c26-25(27)13-29(11-21(25)23(31)32)22(30)19-9-14(19)10-28-24(33)34-12-20-17-7-3-1-5-15(17)16-6-2-4-8-18(16)20/h1-8,14,19-21H,9-13H2,(H,28,33)(H,31,32)/t14-,19-,21?/m0/s1. The normalized spacial score (nSPS) is 24.3. The Balaban J connectivity index is 1.11. The maximum atomic E-state index is 13.9. The summed E-state index contributed by atoms with van der Waals surface area (Å²) in [4.78, 5) is 36.8. The molecule has 34 heavy (non-hydrogen) atoms. The third kappa shape index (κ3) is 3.99. The van der Waals surface area contributed by atoms with Crippen molar-refractivity contribution in [3.8, 4) is 11.1 Å². The summed E-state index contributed by atoms with van der Waals surface area (Å²) in [6.45, 7) is -1.01. The molecule has 7 nitrogen and oxygen atoms in total. The van der Waals surface area contributed by atoms with Crippen molar-refractivity contribution in [2.45, 2.75) is 18.3 Å². The first-order chi connectivity index (χ1) is 16.3. The van der Waals surface area contributed by atoms with Gasteiger partial charge in [-0.1, -0.05) is 48.5 Å². The number of hydrogen-bond donors (Lipinski definition) is 2. The number of nitrogens with zero attached hydrogens (tertiary/aromatic N) is 1. The van der Waals surface area contributed by atoms with Crippen molar-refractivity contribution >= 4 is 18.0 Å². The van der Waals surface area contributed by atoms with Crippen LogP contribution in [0.5, 0.6) is 0 Å². The van der Waals surface area contributed by atoms with E-state index in [4.69, 9.17) is 9.84 Å². The highest BCUT2D eigenvalue weighted by Gasteiger charge is 2.56. The highest BCUT2D eigenvalue weighted by molar-refractivity contribution is 5.84. The van der Waals surface area contributed by atoms with Crippen LogP contribution >= 0.6 is 0 Å². The van der Waals surface area contributed by atoms with Crippen molar-refractivity contribution in [1.82, 2.24) is 10.2 Å². The molecule has 0 radical (unpaired) electrons. The van der Waals surface area contributed by atoms with Gasteiger partial charge in [-0.25, -0.2) is 13.6 Å². The van der Waals surface area contributed by atoms with Crippen molar-refractivity contribution in [3.63, 3.8) is 0 Å². The average Bonchev–Trinajstić information content (AvgIpc) is 3.42. The van der Waals surface area contributed by atoms with Crippen LogP contribution in [0.1, 0.15) is 23.5 Å². The lowest BCUT2D eigenvalue weighted by molar-refractivity contribution is -0.151. The number of amides is 2. The van der Waals surface area contributed by atoms with E-state index in [1.165, 1.54) is 0 Å². The topological polar surface area (TPSA) is 95.9 Å². The number of ether oxygens (including phenoxy) is 1. The van der Waals surface area contributed by atoms with Gasteiger partial charge in [-0.15, -0.1) is 0 Å². The van der Waals surface area contributed by atoms with Gasteiger partial charge in [0.25, 0.3) is 5.92 Å². The lowest BCUT2D eigenvalue weighted by Gasteiger charge is -2.16. The van der Waals surface area contributed by atoms with E-state index >= 15 is 0 Å². The Bertz CT molecular complexity index is 1110. The molecular weight excluding hydrogens is 446 g/mol. The van der Waals surface area contributed by atoms with Crippen LogP contribution < -0.4 is 5.32 Å². The number of rotatable bonds is 6. The second-order valence-corrected chi connectivity index (χ2v) is 9.18. The maximum absolute atomic E-state index is 13.9. The van der Waals surface area contributed by atoms with Crippen molar-refractivity contribution in [1.29, 1.82) is 0 Å². The van der Waals surface area contributed by atoms with E-state index in [-0.39, 0.29) is 25.0 Å². The lowest BCUT2D eigenvalue weighted by Crippen LogP contribution is -2.34. The van der Waals surface area contributed by atoms with Crippen LogP contribution in [0, 0.1) is 17.8 Å². The number of benzene rings is 2. The molecular formula is C25H24F2N2O5. The van der Waals surface area contributed by atoms with Gasteiger partial charge < -0.3 is 20.1 Å². The highest BCUT2D eigenvalue weighted by Crippen LogP contribution is 2.45. The zero-order valence-corrected chi connectivity index (χ0v) is 18.2. The Morgan fingerprint density at radius 2 is 1.68 bits per heavy atom. The van der Waals surface area contributed by atoms with Gasteiger partial charge in [-0.3, -0.25) is 9.59 Å².